The number of hydrogen-bond donors (Lipinski definition) is 3. The zero-order valence-corrected chi connectivity index (χ0v) is 12.1. The molecule has 1 heterocycles. The Morgan fingerprint density at radius 2 is 2.29 bits per heavy atom. The van der Waals surface area contributed by atoms with Crippen molar-refractivity contribution in [3.8, 4) is 0 Å². The van der Waals surface area contributed by atoms with Gasteiger partial charge in [-0.2, -0.15) is 0 Å². The number of aromatic nitrogens is 3. The predicted molar refractivity (Wildman–Crippen MR) is 74.4 cm³/mol. The average molecular weight is 295 g/mol. The molecule has 1 aromatic rings. The highest BCUT2D eigenvalue weighted by atomic mass is 16.4. The van der Waals surface area contributed by atoms with Gasteiger partial charge in [0.05, 0.1) is 12.5 Å². The first-order chi connectivity index (χ1) is 10.1. The highest BCUT2D eigenvalue weighted by molar-refractivity contribution is 5.74. The van der Waals surface area contributed by atoms with Crippen LogP contribution in [-0.2, 0) is 17.9 Å². The number of amides is 2. The summed E-state index contributed by atoms with van der Waals surface area (Å²) in [4.78, 5) is 22.8. The number of nitrogens with zero attached hydrogens (tertiary/aromatic N) is 3. The molecule has 2 atom stereocenters. The molecule has 2 amide bonds. The molecule has 3 N–H and O–H groups in total. The summed E-state index contributed by atoms with van der Waals surface area (Å²) in [7, 11) is 0. The van der Waals surface area contributed by atoms with Gasteiger partial charge in [-0.3, -0.25) is 4.79 Å². The van der Waals surface area contributed by atoms with Gasteiger partial charge in [-0.05, 0) is 26.2 Å². The molecule has 0 bridgehead atoms. The molecule has 8 heteroatoms. The third kappa shape index (κ3) is 4.17. The van der Waals surface area contributed by atoms with Crippen molar-refractivity contribution in [2.45, 2.75) is 51.7 Å². The van der Waals surface area contributed by atoms with E-state index in [2.05, 4.69) is 20.8 Å². The smallest absolute Gasteiger partial charge is 0.315 e. The first-order valence-corrected chi connectivity index (χ1v) is 7.24. The van der Waals surface area contributed by atoms with Crippen LogP contribution in [0.5, 0.6) is 0 Å². The molecule has 1 aliphatic rings. The van der Waals surface area contributed by atoms with E-state index in [1.54, 1.807) is 6.33 Å². The average Bonchev–Trinajstić information content (AvgIpc) is 2.93. The Balaban J connectivity index is 1.78. The van der Waals surface area contributed by atoms with Gasteiger partial charge >= 0.3 is 12.0 Å². The van der Waals surface area contributed by atoms with Gasteiger partial charge in [-0.25, -0.2) is 4.79 Å². The maximum Gasteiger partial charge on any atom is 0.315 e. The summed E-state index contributed by atoms with van der Waals surface area (Å²) in [5.74, 6) is -0.440. The highest BCUT2D eigenvalue weighted by Gasteiger charge is 2.27. The summed E-state index contributed by atoms with van der Waals surface area (Å²) in [5.41, 5.74) is 0. The normalized spacial score (nSPS) is 21.8. The second kappa shape index (κ2) is 7.05. The summed E-state index contributed by atoms with van der Waals surface area (Å²) < 4.78 is 1.85. The van der Waals surface area contributed by atoms with Gasteiger partial charge in [0.2, 0.25) is 0 Å². The van der Waals surface area contributed by atoms with E-state index in [-0.39, 0.29) is 18.0 Å². The van der Waals surface area contributed by atoms with Gasteiger partial charge in [0.15, 0.2) is 5.82 Å². The lowest BCUT2D eigenvalue weighted by Gasteiger charge is -2.27. The molecule has 0 radical (unpaired) electrons. The van der Waals surface area contributed by atoms with Crippen LogP contribution in [0, 0.1) is 5.92 Å². The number of aliphatic carboxylic acids is 1. The number of carboxylic acid groups (broad SMARTS) is 1. The molecule has 0 aromatic carbocycles. The minimum atomic E-state index is -0.780. The molecule has 21 heavy (non-hydrogen) atoms. The standard InChI is InChI=1S/C13H21N5O3/c1-2-18-8-15-17-11(18)7-14-13(21)16-10-5-3-4-9(6-10)12(19)20/h8-10H,2-7H2,1H3,(H,19,20)(H2,14,16,21). The number of hydrogen-bond acceptors (Lipinski definition) is 4. The second-order valence-electron chi connectivity index (χ2n) is 5.26. The Morgan fingerprint density at radius 1 is 1.48 bits per heavy atom. The van der Waals surface area contributed by atoms with Gasteiger partial charge in [0.1, 0.15) is 6.33 Å². The van der Waals surface area contributed by atoms with Crippen molar-refractivity contribution >= 4 is 12.0 Å². The van der Waals surface area contributed by atoms with Crippen LogP contribution in [0.3, 0.4) is 0 Å². The van der Waals surface area contributed by atoms with E-state index in [1.165, 1.54) is 0 Å². The fraction of sp³-hybridized carbons (Fsp3) is 0.692. The number of urea groups is 1. The molecular weight excluding hydrogens is 274 g/mol. The van der Waals surface area contributed by atoms with Gasteiger partial charge in [0, 0.05) is 12.6 Å². The number of carboxylic acids is 1. The van der Waals surface area contributed by atoms with Gasteiger partial charge in [-0.15, -0.1) is 10.2 Å². The van der Waals surface area contributed by atoms with Crippen LogP contribution in [0.2, 0.25) is 0 Å². The number of rotatable bonds is 5. The molecule has 116 valence electrons. The number of carbonyl (C=O) groups excluding carboxylic acids is 1. The zero-order chi connectivity index (χ0) is 15.2. The van der Waals surface area contributed by atoms with E-state index < -0.39 is 5.97 Å². The lowest BCUT2D eigenvalue weighted by Crippen LogP contribution is -2.44. The van der Waals surface area contributed by atoms with E-state index in [9.17, 15) is 9.59 Å². The molecule has 0 aliphatic heterocycles. The maximum atomic E-state index is 11.9. The zero-order valence-electron chi connectivity index (χ0n) is 12.1. The summed E-state index contributed by atoms with van der Waals surface area (Å²) in [6.07, 6.45) is 4.45. The Morgan fingerprint density at radius 3 is 3.00 bits per heavy atom. The molecule has 0 saturated heterocycles. The topological polar surface area (TPSA) is 109 Å². The first-order valence-electron chi connectivity index (χ1n) is 7.24. The summed E-state index contributed by atoms with van der Waals surface area (Å²) in [5, 5.41) is 22.3. The third-order valence-corrected chi connectivity index (χ3v) is 3.80. The molecule has 1 saturated carbocycles. The molecule has 8 nitrogen and oxygen atoms in total. The molecule has 0 spiro atoms. The lowest BCUT2D eigenvalue weighted by atomic mass is 9.86. The molecule has 1 fully saturated rings. The van der Waals surface area contributed by atoms with E-state index >= 15 is 0 Å². The van der Waals surface area contributed by atoms with Crippen LogP contribution in [0.4, 0.5) is 4.79 Å². The summed E-state index contributed by atoms with van der Waals surface area (Å²) in [6.45, 7) is 3.02. The Kier molecular flexibility index (Phi) is 5.13. The number of carbonyl (C=O) groups is 2. The maximum absolute atomic E-state index is 11.9. The van der Waals surface area contributed by atoms with E-state index in [0.29, 0.717) is 25.2 Å². The van der Waals surface area contributed by atoms with Crippen LogP contribution in [0.15, 0.2) is 6.33 Å². The lowest BCUT2D eigenvalue weighted by molar-refractivity contribution is -0.143. The number of aryl methyl sites for hydroxylation is 1. The van der Waals surface area contributed by atoms with E-state index in [1.807, 2.05) is 11.5 Å². The molecule has 1 aromatic heterocycles. The van der Waals surface area contributed by atoms with Crippen LogP contribution in [-0.4, -0.2) is 37.9 Å². The van der Waals surface area contributed by atoms with Crippen molar-refractivity contribution in [3.05, 3.63) is 12.2 Å². The van der Waals surface area contributed by atoms with Crippen molar-refractivity contribution in [3.63, 3.8) is 0 Å². The van der Waals surface area contributed by atoms with Crippen LogP contribution in [0.25, 0.3) is 0 Å². The van der Waals surface area contributed by atoms with Crippen LogP contribution < -0.4 is 10.6 Å². The van der Waals surface area contributed by atoms with E-state index in [4.69, 9.17) is 5.11 Å². The Labute approximate surface area is 122 Å². The van der Waals surface area contributed by atoms with Crippen molar-refractivity contribution in [1.29, 1.82) is 0 Å². The van der Waals surface area contributed by atoms with Crippen LogP contribution in [0.1, 0.15) is 38.4 Å². The highest BCUT2D eigenvalue weighted by Crippen LogP contribution is 2.24. The second-order valence-corrected chi connectivity index (χ2v) is 5.26. The molecule has 2 rings (SSSR count). The largest absolute Gasteiger partial charge is 0.481 e. The molecular formula is C13H21N5O3. The molecule has 1 aliphatic carbocycles. The van der Waals surface area contributed by atoms with Gasteiger partial charge in [-0.1, -0.05) is 6.42 Å². The van der Waals surface area contributed by atoms with E-state index in [0.717, 1.165) is 19.4 Å². The number of nitrogens with one attached hydrogen (secondary N) is 2. The first kappa shape index (κ1) is 15.3. The van der Waals surface area contributed by atoms with Gasteiger partial charge < -0.3 is 20.3 Å². The van der Waals surface area contributed by atoms with Crippen molar-refractivity contribution < 1.29 is 14.7 Å². The quantitative estimate of drug-likeness (QED) is 0.742. The van der Waals surface area contributed by atoms with Crippen molar-refractivity contribution in [2.75, 3.05) is 0 Å². The molecule has 2 unspecified atom stereocenters. The fourth-order valence-electron chi connectivity index (χ4n) is 2.62. The van der Waals surface area contributed by atoms with Crippen molar-refractivity contribution in [2.24, 2.45) is 5.92 Å². The third-order valence-electron chi connectivity index (χ3n) is 3.80. The Bertz CT molecular complexity index is 502. The monoisotopic (exact) mass is 295 g/mol. The van der Waals surface area contributed by atoms with Crippen LogP contribution >= 0.6 is 0 Å². The minimum absolute atomic E-state index is 0.0797. The SMILES string of the molecule is CCn1cnnc1CNC(=O)NC1CCCC(C(=O)O)C1. The van der Waals surface area contributed by atoms with Crippen molar-refractivity contribution in [1.82, 2.24) is 25.4 Å². The fourth-order valence-corrected chi connectivity index (χ4v) is 2.62. The summed E-state index contributed by atoms with van der Waals surface area (Å²) in [6, 6.07) is -0.374. The summed E-state index contributed by atoms with van der Waals surface area (Å²) >= 11 is 0. The minimum Gasteiger partial charge on any atom is -0.481 e. The Hall–Kier alpha value is -2.12. The predicted octanol–water partition coefficient (Wildman–Crippen LogP) is 0.741. The van der Waals surface area contributed by atoms with Gasteiger partial charge in [0.25, 0.3) is 0 Å².